The van der Waals surface area contributed by atoms with E-state index in [4.69, 9.17) is 4.74 Å². The minimum Gasteiger partial charge on any atom is -0.508 e. The highest BCUT2D eigenvalue weighted by atomic mass is 16.5. The zero-order chi connectivity index (χ0) is 13.8. The first kappa shape index (κ1) is 14.3. The van der Waals surface area contributed by atoms with Gasteiger partial charge in [-0.1, -0.05) is 17.7 Å². The second-order valence-corrected chi connectivity index (χ2v) is 5.45. The fourth-order valence-corrected chi connectivity index (χ4v) is 2.43. The molecule has 2 atom stereocenters. The van der Waals surface area contributed by atoms with E-state index >= 15 is 0 Å². The Morgan fingerprint density at radius 1 is 1.53 bits per heavy atom. The molecular formula is C15H24N2O2. The van der Waals surface area contributed by atoms with Gasteiger partial charge in [0.2, 0.25) is 0 Å². The fourth-order valence-electron chi connectivity index (χ4n) is 2.43. The van der Waals surface area contributed by atoms with Crippen LogP contribution in [0.4, 0.5) is 0 Å². The van der Waals surface area contributed by atoms with Gasteiger partial charge in [0.1, 0.15) is 5.75 Å². The maximum absolute atomic E-state index is 9.90. The Balaban J connectivity index is 1.90. The third-order valence-corrected chi connectivity index (χ3v) is 3.64. The van der Waals surface area contributed by atoms with Crippen molar-refractivity contribution in [3.8, 4) is 5.75 Å². The summed E-state index contributed by atoms with van der Waals surface area (Å²) in [6.07, 6.45) is 0.230. The Bertz CT molecular complexity index is 423. The average molecular weight is 264 g/mol. The molecule has 0 aromatic heterocycles. The van der Waals surface area contributed by atoms with Gasteiger partial charge in [0.25, 0.3) is 0 Å². The molecular weight excluding hydrogens is 240 g/mol. The number of hydrogen-bond donors (Lipinski definition) is 2. The minimum atomic E-state index is 0.121. The SMILES string of the molecule is Cc1ccc(O)c(C(C)NCC2CN(C)CCO2)c1. The molecule has 1 aromatic rings. The van der Waals surface area contributed by atoms with Gasteiger partial charge in [0.15, 0.2) is 0 Å². The summed E-state index contributed by atoms with van der Waals surface area (Å²) in [7, 11) is 2.12. The molecule has 2 unspecified atom stereocenters. The zero-order valence-electron chi connectivity index (χ0n) is 12.0. The van der Waals surface area contributed by atoms with Crippen molar-refractivity contribution in [3.05, 3.63) is 29.3 Å². The lowest BCUT2D eigenvalue weighted by Crippen LogP contribution is -2.45. The summed E-state index contributed by atoms with van der Waals surface area (Å²) in [5.41, 5.74) is 2.11. The summed E-state index contributed by atoms with van der Waals surface area (Å²) >= 11 is 0. The number of rotatable bonds is 4. The smallest absolute Gasteiger partial charge is 0.120 e. The summed E-state index contributed by atoms with van der Waals surface area (Å²) < 4.78 is 5.72. The molecule has 1 heterocycles. The maximum atomic E-state index is 9.90. The summed E-state index contributed by atoms with van der Waals surface area (Å²) in [5, 5.41) is 13.4. The number of likely N-dealkylation sites (N-methyl/N-ethyl adjacent to an activating group) is 1. The van der Waals surface area contributed by atoms with Crippen LogP contribution in [0.5, 0.6) is 5.75 Å². The lowest BCUT2D eigenvalue weighted by molar-refractivity contribution is -0.0191. The lowest BCUT2D eigenvalue weighted by atomic mass is 10.0. The Labute approximate surface area is 115 Å². The topological polar surface area (TPSA) is 44.7 Å². The van der Waals surface area contributed by atoms with Crippen molar-refractivity contribution in [2.45, 2.75) is 26.0 Å². The van der Waals surface area contributed by atoms with Gasteiger partial charge in [-0.25, -0.2) is 0 Å². The van der Waals surface area contributed by atoms with Crippen LogP contribution in [0.25, 0.3) is 0 Å². The number of phenolic OH excluding ortho intramolecular Hbond substituents is 1. The van der Waals surface area contributed by atoms with E-state index in [0.29, 0.717) is 5.75 Å². The largest absolute Gasteiger partial charge is 0.508 e. The van der Waals surface area contributed by atoms with E-state index in [1.54, 1.807) is 6.07 Å². The van der Waals surface area contributed by atoms with Crippen molar-refractivity contribution in [3.63, 3.8) is 0 Å². The highest BCUT2D eigenvalue weighted by molar-refractivity contribution is 5.37. The first-order valence-corrected chi connectivity index (χ1v) is 6.89. The Hall–Kier alpha value is -1.10. The molecule has 0 spiro atoms. The minimum absolute atomic E-state index is 0.121. The molecule has 1 aromatic carbocycles. The van der Waals surface area contributed by atoms with Crippen molar-refractivity contribution < 1.29 is 9.84 Å². The Morgan fingerprint density at radius 3 is 3.05 bits per heavy atom. The number of morpholine rings is 1. The van der Waals surface area contributed by atoms with Crippen molar-refractivity contribution in [1.82, 2.24) is 10.2 Å². The van der Waals surface area contributed by atoms with Crippen molar-refractivity contribution in [2.75, 3.05) is 33.3 Å². The van der Waals surface area contributed by atoms with Crippen LogP contribution in [0.2, 0.25) is 0 Å². The monoisotopic (exact) mass is 264 g/mol. The molecule has 0 amide bonds. The average Bonchev–Trinajstić information content (AvgIpc) is 2.39. The quantitative estimate of drug-likeness (QED) is 0.868. The van der Waals surface area contributed by atoms with Gasteiger partial charge in [-0.05, 0) is 27.0 Å². The van der Waals surface area contributed by atoms with E-state index in [1.165, 1.54) is 0 Å². The molecule has 4 heteroatoms. The van der Waals surface area contributed by atoms with Gasteiger partial charge < -0.3 is 20.1 Å². The van der Waals surface area contributed by atoms with Gasteiger partial charge in [0.05, 0.1) is 12.7 Å². The van der Waals surface area contributed by atoms with E-state index in [1.807, 2.05) is 19.1 Å². The summed E-state index contributed by atoms with van der Waals surface area (Å²) in [6, 6.07) is 5.83. The molecule has 19 heavy (non-hydrogen) atoms. The highest BCUT2D eigenvalue weighted by Gasteiger charge is 2.19. The second-order valence-electron chi connectivity index (χ2n) is 5.45. The van der Waals surface area contributed by atoms with Gasteiger partial charge in [0, 0.05) is 31.2 Å². The molecule has 1 fully saturated rings. The van der Waals surface area contributed by atoms with Crippen LogP contribution in [0.3, 0.4) is 0 Å². The van der Waals surface area contributed by atoms with Crippen LogP contribution < -0.4 is 5.32 Å². The van der Waals surface area contributed by atoms with E-state index in [-0.39, 0.29) is 12.1 Å². The fraction of sp³-hybridized carbons (Fsp3) is 0.600. The van der Waals surface area contributed by atoms with Crippen LogP contribution in [-0.4, -0.2) is 49.4 Å². The van der Waals surface area contributed by atoms with Crippen LogP contribution in [0.15, 0.2) is 18.2 Å². The lowest BCUT2D eigenvalue weighted by Gasteiger charge is -2.31. The number of phenols is 1. The molecule has 4 nitrogen and oxygen atoms in total. The third kappa shape index (κ3) is 3.93. The van der Waals surface area contributed by atoms with Gasteiger partial charge in [-0.3, -0.25) is 0 Å². The normalized spacial score (nSPS) is 22.4. The summed E-state index contributed by atoms with van der Waals surface area (Å²) in [6.45, 7) is 7.67. The van der Waals surface area contributed by atoms with Gasteiger partial charge in [-0.15, -0.1) is 0 Å². The zero-order valence-corrected chi connectivity index (χ0v) is 12.0. The van der Waals surface area contributed by atoms with E-state index in [0.717, 1.165) is 37.4 Å². The number of nitrogens with one attached hydrogen (secondary N) is 1. The van der Waals surface area contributed by atoms with E-state index < -0.39 is 0 Å². The van der Waals surface area contributed by atoms with Crippen molar-refractivity contribution in [2.24, 2.45) is 0 Å². The Kier molecular flexibility index (Phi) is 4.80. The molecule has 0 bridgehead atoms. The predicted octanol–water partition coefficient (Wildman–Crippen LogP) is 1.68. The molecule has 106 valence electrons. The number of nitrogens with zero attached hydrogens (tertiary/aromatic N) is 1. The van der Waals surface area contributed by atoms with Crippen LogP contribution >= 0.6 is 0 Å². The van der Waals surface area contributed by atoms with Crippen molar-refractivity contribution >= 4 is 0 Å². The molecule has 1 aliphatic rings. The number of aromatic hydroxyl groups is 1. The van der Waals surface area contributed by atoms with Crippen LogP contribution in [-0.2, 0) is 4.74 Å². The highest BCUT2D eigenvalue weighted by Crippen LogP contribution is 2.24. The molecule has 0 aliphatic carbocycles. The molecule has 1 saturated heterocycles. The summed E-state index contributed by atoms with van der Waals surface area (Å²) in [4.78, 5) is 2.28. The first-order chi connectivity index (χ1) is 9.06. The molecule has 2 N–H and O–H groups in total. The van der Waals surface area contributed by atoms with Gasteiger partial charge in [-0.2, -0.15) is 0 Å². The summed E-state index contributed by atoms with van der Waals surface area (Å²) in [5.74, 6) is 0.354. The second kappa shape index (κ2) is 6.37. The number of aryl methyl sites for hydroxylation is 1. The molecule has 2 rings (SSSR count). The van der Waals surface area contributed by atoms with Gasteiger partial charge >= 0.3 is 0 Å². The first-order valence-electron chi connectivity index (χ1n) is 6.89. The van der Waals surface area contributed by atoms with E-state index in [9.17, 15) is 5.11 Å². The molecule has 0 saturated carbocycles. The van der Waals surface area contributed by atoms with Crippen LogP contribution in [0, 0.1) is 6.92 Å². The third-order valence-electron chi connectivity index (χ3n) is 3.64. The Morgan fingerprint density at radius 2 is 2.32 bits per heavy atom. The maximum Gasteiger partial charge on any atom is 0.120 e. The number of hydrogen-bond acceptors (Lipinski definition) is 4. The predicted molar refractivity (Wildman–Crippen MR) is 76.5 cm³/mol. The number of benzene rings is 1. The molecule has 0 radical (unpaired) electrons. The number of ether oxygens (including phenoxy) is 1. The van der Waals surface area contributed by atoms with Crippen LogP contribution in [0.1, 0.15) is 24.1 Å². The van der Waals surface area contributed by atoms with E-state index in [2.05, 4.69) is 24.2 Å². The standard InChI is InChI=1S/C15H24N2O2/c1-11-4-5-15(18)14(8-11)12(2)16-9-13-10-17(3)6-7-19-13/h4-5,8,12-13,16,18H,6-7,9-10H2,1-3H3. The molecule has 1 aliphatic heterocycles. The van der Waals surface area contributed by atoms with Crippen molar-refractivity contribution in [1.29, 1.82) is 0 Å².